The first kappa shape index (κ1) is 28.7. The number of phenolic OH excluding ortho intramolecular Hbond substituents is 1. The number of ketones is 2. The Morgan fingerprint density at radius 1 is 1.15 bits per heavy atom. The largest absolute Gasteiger partial charge is 0.510 e. The van der Waals surface area contributed by atoms with Crippen LogP contribution in [0.25, 0.3) is 0 Å². The maximum atomic E-state index is 13.8. The number of aliphatic hydroxyl groups is 4. The number of alkyl halides is 1. The van der Waals surface area contributed by atoms with Crippen LogP contribution in [0.2, 0.25) is 0 Å². The smallest absolute Gasteiger partial charge is 0.255 e. The van der Waals surface area contributed by atoms with Gasteiger partial charge in [-0.25, -0.2) is 0 Å². The number of aliphatic hydroxyl groups excluding tert-OH is 3. The van der Waals surface area contributed by atoms with Crippen molar-refractivity contribution < 1.29 is 44.7 Å². The topological polar surface area (TPSA) is 211 Å². The van der Waals surface area contributed by atoms with Crippen LogP contribution < -0.4 is 11.1 Å². The Balaban J connectivity index is 1.97. The molecule has 1 aromatic carbocycles. The fourth-order valence-corrected chi connectivity index (χ4v) is 6.09. The van der Waals surface area contributed by atoms with Gasteiger partial charge in [0.05, 0.1) is 33.6 Å². The van der Waals surface area contributed by atoms with E-state index in [1.165, 1.54) is 31.1 Å². The third-order valence-electron chi connectivity index (χ3n) is 7.92. The second-order valence-electron chi connectivity index (χ2n) is 10.9. The second kappa shape index (κ2) is 9.15. The number of anilines is 1. The molecule has 12 nitrogen and oxygen atoms in total. The quantitative estimate of drug-likeness (QED) is 0.145. The highest BCUT2D eigenvalue weighted by Crippen LogP contribution is 2.56. The molecule has 3 aliphatic carbocycles. The van der Waals surface area contributed by atoms with Crippen molar-refractivity contribution in [3.8, 4) is 5.75 Å². The molecule has 0 spiro atoms. The molecule has 0 saturated heterocycles. The Kier molecular flexibility index (Phi) is 6.74. The standard InChI is InChI=1S/C26H30BrN3O9/c1-8-9-6-7-10(29-24(38)25(2,3)27)17(31)12(9)18(32)13-11(8)19(33)15-16(30(4)5)20(34)14(23(28)37)22(36)26(15,39)21(13)35/h6-8,11,15-16,19,31,33-35,39H,1-5H3,(H2,28,37)(H,29,38)/t8?,11?,15?,16-,19?,26?/m0/s1. The number of hydrogen-bond acceptors (Lipinski definition) is 10. The Labute approximate surface area is 231 Å². The van der Waals surface area contributed by atoms with Gasteiger partial charge in [-0.15, -0.1) is 0 Å². The van der Waals surface area contributed by atoms with E-state index in [0.29, 0.717) is 5.56 Å². The minimum Gasteiger partial charge on any atom is -0.510 e. The monoisotopic (exact) mass is 607 g/mol. The van der Waals surface area contributed by atoms with Crippen molar-refractivity contribution in [1.29, 1.82) is 0 Å². The molecule has 1 aromatic rings. The molecule has 0 saturated carbocycles. The van der Waals surface area contributed by atoms with Crippen LogP contribution in [0, 0.1) is 11.8 Å². The number of likely N-dealkylation sites (N-methyl/N-ethyl adjacent to an activating group) is 1. The van der Waals surface area contributed by atoms with Crippen LogP contribution in [-0.4, -0.2) is 90.0 Å². The third-order valence-corrected chi connectivity index (χ3v) is 8.28. The number of nitrogens with zero attached hydrogens (tertiary/aromatic N) is 1. The third kappa shape index (κ3) is 3.90. The highest BCUT2D eigenvalue weighted by Gasteiger charge is 2.67. The van der Waals surface area contributed by atoms with Crippen molar-refractivity contribution in [2.24, 2.45) is 17.6 Å². The van der Waals surface area contributed by atoms with E-state index in [4.69, 9.17) is 5.73 Å². The van der Waals surface area contributed by atoms with E-state index in [-0.39, 0.29) is 11.3 Å². The molecule has 0 radical (unpaired) electrons. The van der Waals surface area contributed by atoms with Gasteiger partial charge in [-0.3, -0.25) is 24.1 Å². The van der Waals surface area contributed by atoms with Gasteiger partial charge in [0, 0.05) is 11.5 Å². The Hall–Kier alpha value is -3.26. The van der Waals surface area contributed by atoms with Gasteiger partial charge in [0.25, 0.3) is 5.91 Å². The molecule has 6 atom stereocenters. The lowest BCUT2D eigenvalue weighted by atomic mass is 9.55. The first-order valence-electron chi connectivity index (χ1n) is 12.1. The Morgan fingerprint density at radius 3 is 2.26 bits per heavy atom. The summed E-state index contributed by atoms with van der Waals surface area (Å²) in [6.07, 6.45) is -1.68. The lowest BCUT2D eigenvalue weighted by Crippen LogP contribution is -2.68. The van der Waals surface area contributed by atoms with Gasteiger partial charge in [0.15, 0.2) is 17.1 Å². The van der Waals surface area contributed by atoms with E-state index in [1.807, 2.05) is 0 Å². The summed E-state index contributed by atoms with van der Waals surface area (Å²) >= 11 is 3.21. The van der Waals surface area contributed by atoms with Gasteiger partial charge in [-0.2, -0.15) is 0 Å². The maximum Gasteiger partial charge on any atom is 0.255 e. The van der Waals surface area contributed by atoms with E-state index in [9.17, 15) is 44.7 Å². The number of amides is 2. The number of Topliss-reactive ketones (excluding diaryl/α,β-unsaturated/α-hetero) is 2. The predicted octanol–water partition coefficient (Wildman–Crippen LogP) is 0.764. The number of halogens is 1. The average molecular weight is 608 g/mol. The minimum atomic E-state index is -2.99. The number of nitrogens with two attached hydrogens (primary N) is 1. The van der Waals surface area contributed by atoms with Gasteiger partial charge in [-0.1, -0.05) is 28.9 Å². The van der Waals surface area contributed by atoms with Crippen LogP contribution in [0.1, 0.15) is 42.6 Å². The second-order valence-corrected chi connectivity index (χ2v) is 12.9. The molecular formula is C26H30BrN3O9. The highest BCUT2D eigenvalue weighted by atomic mass is 79.9. The van der Waals surface area contributed by atoms with Gasteiger partial charge in [0.1, 0.15) is 17.1 Å². The lowest BCUT2D eigenvalue weighted by Gasteiger charge is -2.53. The van der Waals surface area contributed by atoms with Crippen molar-refractivity contribution in [1.82, 2.24) is 4.90 Å². The fraction of sp³-hybridized carbons (Fsp3) is 0.462. The summed E-state index contributed by atoms with van der Waals surface area (Å²) in [5, 5.41) is 59.1. The van der Waals surface area contributed by atoms with Gasteiger partial charge in [-0.05, 0) is 45.5 Å². The number of benzene rings is 1. The number of hydrogen-bond donors (Lipinski definition) is 7. The zero-order valence-corrected chi connectivity index (χ0v) is 23.4. The normalized spacial score (nSPS) is 30.6. The number of primary amides is 1. The van der Waals surface area contributed by atoms with Crippen molar-refractivity contribution in [2.75, 3.05) is 19.4 Å². The number of phenols is 1. The van der Waals surface area contributed by atoms with Crippen molar-refractivity contribution >= 4 is 45.0 Å². The summed E-state index contributed by atoms with van der Waals surface area (Å²) in [6, 6.07) is 1.56. The van der Waals surface area contributed by atoms with Crippen molar-refractivity contribution in [3.05, 3.63) is 45.9 Å². The number of aromatic hydroxyl groups is 1. The van der Waals surface area contributed by atoms with Gasteiger partial charge < -0.3 is 36.6 Å². The Bertz CT molecular complexity index is 1390. The van der Waals surface area contributed by atoms with Crippen LogP contribution >= 0.6 is 15.9 Å². The molecule has 210 valence electrons. The van der Waals surface area contributed by atoms with Gasteiger partial charge in [0.2, 0.25) is 11.7 Å². The molecule has 0 aliphatic heterocycles. The van der Waals surface area contributed by atoms with E-state index in [0.717, 1.165) is 0 Å². The summed E-state index contributed by atoms with van der Waals surface area (Å²) in [5.41, 5.74) is 0.733. The van der Waals surface area contributed by atoms with Crippen LogP contribution in [0.5, 0.6) is 5.75 Å². The molecule has 0 aromatic heterocycles. The molecule has 13 heteroatoms. The molecule has 4 rings (SSSR count). The minimum absolute atomic E-state index is 0.0939. The SMILES string of the molecule is CC1c2ccc(NC(=O)C(C)(C)Br)c(O)c2C(=O)C2=C(O)C3(O)C(=O)C(C(N)=O)=C(O)[C@@H](N(C)C)C3C(O)C21. The van der Waals surface area contributed by atoms with Crippen LogP contribution in [0.3, 0.4) is 0 Å². The van der Waals surface area contributed by atoms with E-state index >= 15 is 0 Å². The molecule has 0 bridgehead atoms. The summed E-state index contributed by atoms with van der Waals surface area (Å²) in [7, 11) is 2.93. The summed E-state index contributed by atoms with van der Waals surface area (Å²) < 4.78 is -1.01. The van der Waals surface area contributed by atoms with E-state index < -0.39 is 91.6 Å². The lowest BCUT2D eigenvalue weighted by molar-refractivity contribution is -0.162. The molecular weight excluding hydrogens is 578 g/mol. The molecule has 8 N–H and O–H groups in total. The first-order chi connectivity index (χ1) is 17.9. The predicted molar refractivity (Wildman–Crippen MR) is 141 cm³/mol. The molecule has 5 unspecified atom stereocenters. The molecule has 2 amide bonds. The number of carbonyl (C=O) groups is 4. The van der Waals surface area contributed by atoms with Crippen LogP contribution in [-0.2, 0) is 14.4 Å². The molecule has 0 fully saturated rings. The highest BCUT2D eigenvalue weighted by molar-refractivity contribution is 9.10. The van der Waals surface area contributed by atoms with Crippen LogP contribution in [0.4, 0.5) is 5.69 Å². The number of fused-ring (bicyclic) bond motifs is 3. The van der Waals surface area contributed by atoms with E-state index in [1.54, 1.807) is 20.8 Å². The zero-order chi connectivity index (χ0) is 29.5. The first-order valence-corrected chi connectivity index (χ1v) is 12.9. The summed E-state index contributed by atoms with van der Waals surface area (Å²) in [6.45, 7) is 4.78. The number of rotatable bonds is 4. The van der Waals surface area contributed by atoms with Crippen LogP contribution in [0.15, 0.2) is 34.8 Å². The fourth-order valence-electron chi connectivity index (χ4n) is 5.99. The zero-order valence-electron chi connectivity index (χ0n) is 21.8. The summed E-state index contributed by atoms with van der Waals surface area (Å²) in [4.78, 5) is 53.2. The summed E-state index contributed by atoms with van der Waals surface area (Å²) in [5.74, 6) is -10.3. The maximum absolute atomic E-state index is 13.8. The average Bonchev–Trinajstić information content (AvgIpc) is 2.81. The Morgan fingerprint density at radius 2 is 1.74 bits per heavy atom. The molecule has 39 heavy (non-hydrogen) atoms. The molecule has 0 heterocycles. The van der Waals surface area contributed by atoms with Crippen molar-refractivity contribution in [2.45, 2.75) is 48.8 Å². The molecule has 3 aliphatic rings. The van der Waals surface area contributed by atoms with Crippen molar-refractivity contribution in [3.63, 3.8) is 0 Å². The van der Waals surface area contributed by atoms with E-state index in [2.05, 4.69) is 21.2 Å². The number of carbonyl (C=O) groups excluding carboxylic acids is 4. The van der Waals surface area contributed by atoms with Gasteiger partial charge >= 0.3 is 0 Å². The number of nitrogens with one attached hydrogen (secondary N) is 1.